The molecule has 2 heterocycles. The van der Waals surface area contributed by atoms with Crippen LogP contribution in [0.4, 0.5) is 0 Å². The molecule has 0 radical (unpaired) electrons. The second-order valence-electron chi connectivity index (χ2n) is 6.28. The zero-order valence-corrected chi connectivity index (χ0v) is 16.3. The highest BCUT2D eigenvalue weighted by atomic mass is 32.1. The molecule has 0 saturated carbocycles. The van der Waals surface area contributed by atoms with Gasteiger partial charge in [0.2, 0.25) is 0 Å². The number of aromatic nitrogens is 1. The van der Waals surface area contributed by atoms with E-state index < -0.39 is 0 Å². The van der Waals surface area contributed by atoms with Gasteiger partial charge in [-0.1, -0.05) is 13.8 Å². The molecule has 136 valence electrons. The van der Waals surface area contributed by atoms with Gasteiger partial charge in [0.05, 0.1) is 11.6 Å². The lowest BCUT2D eigenvalue weighted by Crippen LogP contribution is -2.40. The largest absolute Gasteiger partial charge is 0.357 e. The molecule has 0 amide bonds. The van der Waals surface area contributed by atoms with Crippen LogP contribution >= 0.6 is 11.3 Å². The zero-order valence-electron chi connectivity index (χ0n) is 15.5. The number of hydrogen-bond acceptors (Lipinski definition) is 4. The summed E-state index contributed by atoms with van der Waals surface area (Å²) in [7, 11) is 0. The number of guanidine groups is 1. The predicted octanol–water partition coefficient (Wildman–Crippen LogP) is 2.68. The van der Waals surface area contributed by atoms with Crippen LogP contribution in [-0.2, 0) is 12.8 Å². The van der Waals surface area contributed by atoms with Gasteiger partial charge in [-0.15, -0.1) is 11.3 Å². The average Bonchev–Trinajstić information content (AvgIpc) is 3.27. The van der Waals surface area contributed by atoms with E-state index in [9.17, 15) is 0 Å². The molecule has 2 N–H and O–H groups in total. The predicted molar refractivity (Wildman–Crippen MR) is 104 cm³/mol. The van der Waals surface area contributed by atoms with Gasteiger partial charge in [0.1, 0.15) is 0 Å². The fourth-order valence-electron chi connectivity index (χ4n) is 3.06. The number of likely N-dealkylation sites (tertiary alicyclic amines) is 1. The van der Waals surface area contributed by atoms with Gasteiger partial charge in [-0.2, -0.15) is 0 Å². The lowest BCUT2D eigenvalue weighted by molar-refractivity contribution is 0.242. The fourth-order valence-corrected chi connectivity index (χ4v) is 3.92. The van der Waals surface area contributed by atoms with Gasteiger partial charge in [-0.05, 0) is 45.7 Å². The molecular formula is C18H33N5S. The first kappa shape index (κ1) is 19.2. The third kappa shape index (κ3) is 6.06. The molecule has 0 bridgehead atoms. The number of hydrogen-bond donors (Lipinski definition) is 2. The summed E-state index contributed by atoms with van der Waals surface area (Å²) in [4.78, 5) is 13.3. The number of aryl methyl sites for hydroxylation is 1. The topological polar surface area (TPSA) is 52.6 Å². The maximum Gasteiger partial charge on any atom is 0.191 e. The summed E-state index contributed by atoms with van der Waals surface area (Å²) in [6, 6.07) is 0.578. The number of rotatable bonds is 9. The Kier molecular flexibility index (Phi) is 8.53. The van der Waals surface area contributed by atoms with Gasteiger partial charge in [0, 0.05) is 36.6 Å². The maximum absolute atomic E-state index is 4.82. The van der Waals surface area contributed by atoms with Crippen LogP contribution in [0, 0.1) is 0 Å². The first-order valence-corrected chi connectivity index (χ1v) is 10.3. The Morgan fingerprint density at radius 1 is 1.29 bits per heavy atom. The Bertz CT molecular complexity index is 493. The summed E-state index contributed by atoms with van der Waals surface area (Å²) >= 11 is 1.82. The van der Waals surface area contributed by atoms with Crippen molar-refractivity contribution in [3.05, 3.63) is 16.1 Å². The van der Waals surface area contributed by atoms with E-state index in [1.54, 1.807) is 0 Å². The monoisotopic (exact) mass is 351 g/mol. The Hall–Kier alpha value is -1.14. The molecule has 1 aliphatic rings. The SMILES string of the molecule is CCNC(=NCC(CC)N1CCCC1)NCCc1ncc(CC)s1. The van der Waals surface area contributed by atoms with Gasteiger partial charge in [-0.25, -0.2) is 4.98 Å². The number of thiazole rings is 1. The van der Waals surface area contributed by atoms with E-state index >= 15 is 0 Å². The van der Waals surface area contributed by atoms with Crippen molar-refractivity contribution in [1.29, 1.82) is 0 Å². The summed E-state index contributed by atoms with van der Waals surface area (Å²) in [6.45, 7) is 11.7. The highest BCUT2D eigenvalue weighted by Gasteiger charge is 2.20. The third-order valence-corrected chi connectivity index (χ3v) is 5.72. The maximum atomic E-state index is 4.82. The standard InChI is InChI=1S/C18H33N5S/c1-4-15(23-11-7-8-12-23)13-22-18(19-6-3)20-10-9-17-21-14-16(5-2)24-17/h14-15H,4-13H2,1-3H3,(H2,19,20,22). The van der Waals surface area contributed by atoms with E-state index in [1.807, 2.05) is 17.5 Å². The first-order valence-electron chi connectivity index (χ1n) is 9.46. The number of nitrogens with one attached hydrogen (secondary N) is 2. The third-order valence-electron chi connectivity index (χ3n) is 4.51. The quantitative estimate of drug-likeness (QED) is 0.530. The van der Waals surface area contributed by atoms with Gasteiger partial charge in [-0.3, -0.25) is 9.89 Å². The van der Waals surface area contributed by atoms with Crippen LogP contribution in [0.1, 0.15) is 49.9 Å². The Labute approximate surface area is 151 Å². The number of nitrogens with zero attached hydrogens (tertiary/aromatic N) is 3. The summed E-state index contributed by atoms with van der Waals surface area (Å²) in [6.07, 6.45) is 7.88. The molecule has 6 heteroatoms. The molecule has 0 aliphatic carbocycles. The molecule has 1 fully saturated rings. The van der Waals surface area contributed by atoms with E-state index in [2.05, 4.69) is 41.3 Å². The Morgan fingerprint density at radius 2 is 2.08 bits per heavy atom. The van der Waals surface area contributed by atoms with E-state index in [4.69, 9.17) is 4.99 Å². The zero-order chi connectivity index (χ0) is 17.2. The molecule has 1 aromatic rings. The van der Waals surface area contributed by atoms with Crippen LogP contribution in [0.15, 0.2) is 11.2 Å². The molecule has 0 spiro atoms. The lowest BCUT2D eigenvalue weighted by atomic mass is 10.2. The van der Waals surface area contributed by atoms with Crippen molar-refractivity contribution in [2.24, 2.45) is 4.99 Å². The molecule has 5 nitrogen and oxygen atoms in total. The van der Waals surface area contributed by atoms with Gasteiger partial charge in [0.15, 0.2) is 5.96 Å². The van der Waals surface area contributed by atoms with E-state index in [-0.39, 0.29) is 0 Å². The molecule has 1 atom stereocenters. The summed E-state index contributed by atoms with van der Waals surface area (Å²) in [5.41, 5.74) is 0. The van der Waals surface area contributed by atoms with Gasteiger partial charge < -0.3 is 10.6 Å². The summed E-state index contributed by atoms with van der Waals surface area (Å²) in [5, 5.41) is 8.02. The number of aliphatic imine (C=N–C) groups is 1. The second-order valence-corrected chi connectivity index (χ2v) is 7.48. The highest BCUT2D eigenvalue weighted by Crippen LogP contribution is 2.14. The van der Waals surface area contributed by atoms with Crippen LogP contribution in [0.2, 0.25) is 0 Å². The minimum Gasteiger partial charge on any atom is -0.357 e. The Balaban J connectivity index is 1.80. The molecule has 1 saturated heterocycles. The average molecular weight is 352 g/mol. The van der Waals surface area contributed by atoms with E-state index in [0.717, 1.165) is 38.4 Å². The van der Waals surface area contributed by atoms with Gasteiger partial charge >= 0.3 is 0 Å². The highest BCUT2D eigenvalue weighted by molar-refractivity contribution is 7.11. The fraction of sp³-hybridized carbons (Fsp3) is 0.778. The minimum atomic E-state index is 0.578. The van der Waals surface area contributed by atoms with E-state index in [1.165, 1.54) is 42.2 Å². The molecule has 1 aliphatic heterocycles. The van der Waals surface area contributed by atoms with E-state index in [0.29, 0.717) is 6.04 Å². The summed E-state index contributed by atoms with van der Waals surface area (Å²) in [5.74, 6) is 0.933. The lowest BCUT2D eigenvalue weighted by Gasteiger charge is -2.25. The molecule has 1 aromatic heterocycles. The van der Waals surface area contributed by atoms with Crippen molar-refractivity contribution in [3.8, 4) is 0 Å². The van der Waals surface area contributed by atoms with Crippen LogP contribution in [-0.4, -0.2) is 54.6 Å². The first-order chi connectivity index (χ1) is 11.8. The minimum absolute atomic E-state index is 0.578. The van der Waals surface area contributed by atoms with Crippen LogP contribution in [0.5, 0.6) is 0 Å². The molecule has 2 rings (SSSR count). The van der Waals surface area contributed by atoms with Crippen LogP contribution in [0.25, 0.3) is 0 Å². The van der Waals surface area contributed by atoms with Crippen molar-refractivity contribution in [3.63, 3.8) is 0 Å². The molecule has 24 heavy (non-hydrogen) atoms. The van der Waals surface area contributed by atoms with Crippen molar-refractivity contribution >= 4 is 17.3 Å². The molecule has 0 aromatic carbocycles. The Morgan fingerprint density at radius 3 is 2.71 bits per heavy atom. The van der Waals surface area contributed by atoms with Crippen molar-refractivity contribution < 1.29 is 0 Å². The van der Waals surface area contributed by atoms with Crippen LogP contribution < -0.4 is 10.6 Å². The van der Waals surface area contributed by atoms with Crippen molar-refractivity contribution in [2.75, 3.05) is 32.7 Å². The molecular weight excluding hydrogens is 318 g/mol. The van der Waals surface area contributed by atoms with Crippen LogP contribution in [0.3, 0.4) is 0 Å². The second kappa shape index (κ2) is 10.7. The molecule has 1 unspecified atom stereocenters. The smallest absolute Gasteiger partial charge is 0.191 e. The van der Waals surface area contributed by atoms with Crippen molar-refractivity contribution in [2.45, 2.75) is 58.9 Å². The normalized spacial score (nSPS) is 17.2. The van der Waals surface area contributed by atoms with Crippen molar-refractivity contribution in [1.82, 2.24) is 20.5 Å². The summed E-state index contributed by atoms with van der Waals surface area (Å²) < 4.78 is 0. The van der Waals surface area contributed by atoms with Gasteiger partial charge in [0.25, 0.3) is 0 Å².